The summed E-state index contributed by atoms with van der Waals surface area (Å²) >= 11 is 24.8. The van der Waals surface area contributed by atoms with Crippen molar-refractivity contribution in [3.05, 3.63) is 95.9 Å². The van der Waals surface area contributed by atoms with Gasteiger partial charge in [-0.2, -0.15) is 0 Å². The molecule has 0 unspecified atom stereocenters. The first-order valence-corrected chi connectivity index (χ1v) is 10.9. The van der Waals surface area contributed by atoms with Gasteiger partial charge in [0.2, 0.25) is 0 Å². The number of hydrazine groups is 1. The summed E-state index contributed by atoms with van der Waals surface area (Å²) in [6.07, 6.45) is 1.52. The first kappa shape index (κ1) is 23.8. The van der Waals surface area contributed by atoms with E-state index in [4.69, 9.17) is 46.4 Å². The van der Waals surface area contributed by atoms with E-state index in [1.807, 2.05) is 0 Å². The number of amidine groups is 1. The molecule has 0 atom stereocenters. The number of rotatable bonds is 4. The van der Waals surface area contributed by atoms with Crippen molar-refractivity contribution in [2.75, 3.05) is 5.01 Å². The fourth-order valence-corrected chi connectivity index (χ4v) is 4.26. The van der Waals surface area contributed by atoms with E-state index in [1.165, 1.54) is 48.5 Å². The molecule has 3 aromatic carbocycles. The number of carbonyl (C=O) groups excluding carboxylic acids is 1. The molecule has 1 saturated heterocycles. The summed E-state index contributed by atoms with van der Waals surface area (Å²) in [4.78, 5) is 28.4. The lowest BCUT2D eigenvalue weighted by Crippen LogP contribution is -2.36. The molecule has 1 heterocycles. The molecule has 0 saturated carbocycles. The van der Waals surface area contributed by atoms with Crippen molar-refractivity contribution in [1.82, 2.24) is 5.43 Å². The molecular weight excluding hydrogens is 526 g/mol. The highest BCUT2D eigenvalue weighted by atomic mass is 35.5. The van der Waals surface area contributed by atoms with Crippen LogP contribution < -0.4 is 10.4 Å². The SMILES string of the molecule is O=C1C(=Cc2ccc(O)cc2)C(=Nc2cc([N+](=O)[O-])ccc2Cl)NN1c1c(Cl)cc(Cl)cc1Cl. The monoisotopic (exact) mass is 536 g/mol. The minimum Gasteiger partial charge on any atom is -0.508 e. The predicted molar refractivity (Wildman–Crippen MR) is 133 cm³/mol. The third-order valence-electron chi connectivity index (χ3n) is 4.69. The summed E-state index contributed by atoms with van der Waals surface area (Å²) in [5.74, 6) is -0.460. The third kappa shape index (κ3) is 4.80. The van der Waals surface area contributed by atoms with Crippen LogP contribution in [0, 0.1) is 10.1 Å². The molecule has 1 amide bonds. The number of phenols is 1. The number of hydrogen-bond donors (Lipinski definition) is 2. The Kier molecular flexibility index (Phi) is 6.67. The van der Waals surface area contributed by atoms with Crippen LogP contribution in [-0.2, 0) is 4.79 Å². The molecule has 0 aliphatic carbocycles. The molecule has 8 nitrogen and oxygen atoms in total. The molecule has 1 aliphatic rings. The van der Waals surface area contributed by atoms with Crippen LogP contribution in [0.5, 0.6) is 5.75 Å². The van der Waals surface area contributed by atoms with E-state index in [9.17, 15) is 20.0 Å². The number of nitrogens with one attached hydrogen (secondary N) is 1. The van der Waals surface area contributed by atoms with Crippen LogP contribution >= 0.6 is 46.4 Å². The number of non-ortho nitro benzene ring substituents is 1. The van der Waals surface area contributed by atoms with E-state index < -0.39 is 10.8 Å². The molecule has 0 spiro atoms. The van der Waals surface area contributed by atoms with Gasteiger partial charge in [-0.25, -0.2) is 10.0 Å². The second-order valence-corrected chi connectivity index (χ2v) is 8.63. The van der Waals surface area contributed by atoms with Crippen molar-refractivity contribution in [1.29, 1.82) is 0 Å². The zero-order chi connectivity index (χ0) is 24.6. The van der Waals surface area contributed by atoms with Crippen molar-refractivity contribution in [3.8, 4) is 5.75 Å². The predicted octanol–water partition coefficient (Wildman–Crippen LogP) is 6.58. The molecule has 4 rings (SSSR count). The number of benzene rings is 3. The van der Waals surface area contributed by atoms with Crippen LogP contribution in [-0.4, -0.2) is 21.8 Å². The molecular formula is C22H12Cl4N4O4. The normalized spacial score (nSPS) is 15.8. The highest BCUT2D eigenvalue weighted by Gasteiger charge is 2.35. The lowest BCUT2D eigenvalue weighted by Gasteiger charge is -2.18. The number of hydrogen-bond acceptors (Lipinski definition) is 5. The molecule has 2 N–H and O–H groups in total. The summed E-state index contributed by atoms with van der Waals surface area (Å²) in [5, 5.41) is 22.5. The summed E-state index contributed by atoms with van der Waals surface area (Å²) < 4.78 is 0. The van der Waals surface area contributed by atoms with Crippen molar-refractivity contribution in [2.24, 2.45) is 4.99 Å². The average Bonchev–Trinajstić information content (AvgIpc) is 3.05. The number of carbonyl (C=O) groups is 1. The maximum Gasteiger partial charge on any atom is 0.280 e. The number of nitrogens with zero attached hydrogens (tertiary/aromatic N) is 3. The van der Waals surface area contributed by atoms with Crippen LogP contribution in [0.15, 0.2) is 65.2 Å². The maximum absolute atomic E-state index is 13.4. The molecule has 172 valence electrons. The number of anilines is 1. The van der Waals surface area contributed by atoms with Gasteiger partial charge in [-0.05, 0) is 42.0 Å². The number of nitro groups is 1. The van der Waals surface area contributed by atoms with Crippen LogP contribution in [0.3, 0.4) is 0 Å². The van der Waals surface area contributed by atoms with Crippen molar-refractivity contribution in [3.63, 3.8) is 0 Å². The minimum atomic E-state index is -0.583. The van der Waals surface area contributed by atoms with Crippen molar-refractivity contribution < 1.29 is 14.8 Å². The summed E-state index contributed by atoms with van der Waals surface area (Å²) in [6, 6.07) is 12.7. The summed E-state index contributed by atoms with van der Waals surface area (Å²) in [7, 11) is 0. The van der Waals surface area contributed by atoms with Gasteiger partial charge in [-0.3, -0.25) is 20.3 Å². The van der Waals surface area contributed by atoms with E-state index in [-0.39, 0.29) is 54.3 Å². The smallest absolute Gasteiger partial charge is 0.280 e. The van der Waals surface area contributed by atoms with Gasteiger partial charge in [0.25, 0.3) is 11.6 Å². The zero-order valence-corrected chi connectivity index (χ0v) is 19.8. The molecule has 3 aromatic rings. The first-order chi connectivity index (χ1) is 16.1. The van der Waals surface area contributed by atoms with Gasteiger partial charge in [0.15, 0.2) is 5.84 Å². The first-order valence-electron chi connectivity index (χ1n) is 9.43. The Morgan fingerprint density at radius 1 is 0.971 bits per heavy atom. The topological polar surface area (TPSA) is 108 Å². The average molecular weight is 538 g/mol. The Labute approximate surface area is 212 Å². The number of nitro benzene ring substituents is 1. The van der Waals surface area contributed by atoms with Gasteiger partial charge in [0.1, 0.15) is 11.4 Å². The Bertz CT molecular complexity index is 1370. The molecule has 0 bridgehead atoms. The molecule has 1 fully saturated rings. The van der Waals surface area contributed by atoms with E-state index in [1.54, 1.807) is 12.1 Å². The molecule has 0 radical (unpaired) electrons. The van der Waals surface area contributed by atoms with Crippen LogP contribution in [0.25, 0.3) is 6.08 Å². The zero-order valence-electron chi connectivity index (χ0n) is 16.8. The Morgan fingerprint density at radius 3 is 2.24 bits per heavy atom. The molecule has 1 aliphatic heterocycles. The van der Waals surface area contributed by atoms with Crippen LogP contribution in [0.2, 0.25) is 20.1 Å². The number of aromatic hydroxyl groups is 1. The third-order valence-corrected chi connectivity index (χ3v) is 5.80. The quantitative estimate of drug-likeness (QED) is 0.222. The van der Waals surface area contributed by atoms with Gasteiger partial charge >= 0.3 is 0 Å². The second kappa shape index (κ2) is 9.52. The van der Waals surface area contributed by atoms with Crippen LogP contribution in [0.1, 0.15) is 5.56 Å². The van der Waals surface area contributed by atoms with Crippen LogP contribution in [0.4, 0.5) is 17.1 Å². The number of phenolic OH excluding ortho intramolecular Hbond substituents is 1. The Morgan fingerprint density at radius 2 is 1.62 bits per heavy atom. The number of aliphatic imine (C=N–C) groups is 1. The number of halogens is 4. The van der Waals surface area contributed by atoms with Crippen molar-refractivity contribution >= 4 is 81.3 Å². The molecule has 12 heteroatoms. The molecule has 34 heavy (non-hydrogen) atoms. The van der Waals surface area contributed by atoms with E-state index in [0.717, 1.165) is 5.01 Å². The fourth-order valence-electron chi connectivity index (χ4n) is 3.12. The highest BCUT2D eigenvalue weighted by molar-refractivity contribution is 6.44. The van der Waals surface area contributed by atoms with Gasteiger partial charge in [-0.1, -0.05) is 58.5 Å². The minimum absolute atomic E-state index is 0.0440. The lowest BCUT2D eigenvalue weighted by atomic mass is 10.1. The second-order valence-electron chi connectivity index (χ2n) is 6.97. The van der Waals surface area contributed by atoms with Gasteiger partial charge in [0.05, 0.1) is 31.3 Å². The number of amides is 1. The Hall–Kier alpha value is -3.30. The van der Waals surface area contributed by atoms with E-state index in [2.05, 4.69) is 10.4 Å². The maximum atomic E-state index is 13.4. The largest absolute Gasteiger partial charge is 0.508 e. The van der Waals surface area contributed by atoms with E-state index >= 15 is 0 Å². The summed E-state index contributed by atoms with van der Waals surface area (Å²) in [6.45, 7) is 0. The Balaban J connectivity index is 1.87. The van der Waals surface area contributed by atoms with Gasteiger partial charge in [-0.15, -0.1) is 0 Å². The lowest BCUT2D eigenvalue weighted by molar-refractivity contribution is -0.384. The molecule has 0 aromatic heterocycles. The fraction of sp³-hybridized carbons (Fsp3) is 0. The highest BCUT2D eigenvalue weighted by Crippen LogP contribution is 2.39. The van der Waals surface area contributed by atoms with E-state index in [0.29, 0.717) is 5.56 Å². The van der Waals surface area contributed by atoms with Gasteiger partial charge in [0, 0.05) is 17.2 Å². The van der Waals surface area contributed by atoms with Gasteiger partial charge < -0.3 is 5.11 Å². The standard InChI is InChI=1S/C22H12Cl4N4O4/c23-12-8-17(25)20(18(26)9-12)29-22(32)15(7-11-1-4-14(31)5-2-11)21(28-29)27-19-10-13(30(33)34)3-6-16(19)24/h1-10,31H,(H,27,28). The summed E-state index contributed by atoms with van der Waals surface area (Å²) in [5.41, 5.74) is 3.50. The van der Waals surface area contributed by atoms with Crippen molar-refractivity contribution in [2.45, 2.75) is 0 Å².